The molecule has 2 rings (SSSR count). The second kappa shape index (κ2) is 8.71. The number of anilines is 1. The van der Waals surface area contributed by atoms with E-state index in [-0.39, 0.29) is 12.4 Å². The number of aromatic nitrogens is 3. The van der Waals surface area contributed by atoms with Crippen molar-refractivity contribution in [2.75, 3.05) is 5.32 Å². The van der Waals surface area contributed by atoms with E-state index >= 15 is 0 Å². The molecule has 0 aliphatic heterocycles. The molecule has 0 saturated heterocycles. The van der Waals surface area contributed by atoms with Gasteiger partial charge in [0, 0.05) is 22.8 Å². The molecule has 2 N–H and O–H groups in total. The van der Waals surface area contributed by atoms with Gasteiger partial charge in [0.15, 0.2) is 0 Å². The van der Waals surface area contributed by atoms with Gasteiger partial charge in [0.1, 0.15) is 0 Å². The highest BCUT2D eigenvalue weighted by Gasteiger charge is 2.09. The number of carbonyl (C=O) groups is 2. The van der Waals surface area contributed by atoms with E-state index in [0.717, 1.165) is 33.9 Å². The number of rotatable bonds is 3. The van der Waals surface area contributed by atoms with E-state index in [9.17, 15) is 4.79 Å². The number of carbonyl (C=O) groups excluding carboxylic acids is 1. The van der Waals surface area contributed by atoms with Gasteiger partial charge >= 0.3 is 0 Å². The maximum atomic E-state index is 12.1. The van der Waals surface area contributed by atoms with Crippen LogP contribution in [0.1, 0.15) is 33.9 Å². The Balaban J connectivity index is 0.000000891. The van der Waals surface area contributed by atoms with E-state index in [0.29, 0.717) is 12.4 Å². The zero-order valence-corrected chi connectivity index (χ0v) is 14.5. The Hall–Kier alpha value is -2.83. The van der Waals surface area contributed by atoms with E-state index in [1.54, 1.807) is 0 Å². The lowest BCUT2D eigenvalue weighted by Crippen LogP contribution is -2.17. The van der Waals surface area contributed by atoms with Crippen molar-refractivity contribution < 1.29 is 14.7 Å². The summed E-state index contributed by atoms with van der Waals surface area (Å²) in [5.74, 6) is 0.241. The molecule has 0 atom stereocenters. The third kappa shape index (κ3) is 5.75. The molecule has 7 heteroatoms. The monoisotopic (exact) mass is 330 g/mol. The number of hydrogen-bond donors (Lipinski definition) is 2. The van der Waals surface area contributed by atoms with Crippen LogP contribution >= 0.6 is 0 Å². The van der Waals surface area contributed by atoms with Crippen LogP contribution in [0.2, 0.25) is 0 Å². The summed E-state index contributed by atoms with van der Waals surface area (Å²) in [5.41, 5.74) is 5.58. The summed E-state index contributed by atoms with van der Waals surface area (Å²) in [6.07, 6.45) is 0.291. The normalized spacial score (nSPS) is 9.71. The van der Waals surface area contributed by atoms with Gasteiger partial charge in [-0.15, -0.1) is 0 Å². The molecule has 0 aromatic carbocycles. The predicted molar refractivity (Wildman–Crippen MR) is 91.0 cm³/mol. The lowest BCUT2D eigenvalue weighted by atomic mass is 10.1. The molecule has 0 spiro atoms. The third-order valence-corrected chi connectivity index (χ3v) is 3.39. The highest BCUT2D eigenvalue weighted by molar-refractivity contribution is 5.90. The SMILES string of the molecule is Cc1cc(CC(=O)Nc2nc(C)c(C)c(C)n2)cc(C)n1.O=CO. The first-order valence-electron chi connectivity index (χ1n) is 7.40. The minimum absolute atomic E-state index is 0.123. The number of hydrogen-bond acceptors (Lipinski definition) is 5. The van der Waals surface area contributed by atoms with Crippen molar-refractivity contribution >= 4 is 18.3 Å². The van der Waals surface area contributed by atoms with Crippen molar-refractivity contribution in [3.05, 3.63) is 46.0 Å². The summed E-state index contributed by atoms with van der Waals surface area (Å²) in [4.78, 5) is 33.4. The van der Waals surface area contributed by atoms with Crippen molar-refractivity contribution in [3.8, 4) is 0 Å². The molecular formula is C17H22N4O3. The van der Waals surface area contributed by atoms with Crippen LogP contribution in [-0.4, -0.2) is 32.4 Å². The lowest BCUT2D eigenvalue weighted by molar-refractivity contribution is -0.123. The van der Waals surface area contributed by atoms with Crippen molar-refractivity contribution in [2.24, 2.45) is 0 Å². The maximum absolute atomic E-state index is 12.1. The minimum Gasteiger partial charge on any atom is -0.483 e. The van der Waals surface area contributed by atoms with Crippen molar-refractivity contribution in [3.63, 3.8) is 0 Å². The van der Waals surface area contributed by atoms with Crippen molar-refractivity contribution in [1.82, 2.24) is 15.0 Å². The van der Waals surface area contributed by atoms with Crippen LogP contribution in [0.4, 0.5) is 5.95 Å². The zero-order chi connectivity index (χ0) is 18.3. The quantitative estimate of drug-likeness (QED) is 0.837. The number of pyridine rings is 1. The highest BCUT2D eigenvalue weighted by atomic mass is 16.3. The molecule has 0 radical (unpaired) electrons. The first-order chi connectivity index (χ1) is 11.3. The lowest BCUT2D eigenvalue weighted by Gasteiger charge is -2.09. The molecule has 0 saturated carbocycles. The Morgan fingerprint density at radius 1 is 1.04 bits per heavy atom. The fourth-order valence-corrected chi connectivity index (χ4v) is 2.21. The summed E-state index contributed by atoms with van der Waals surface area (Å²) in [6.45, 7) is 9.39. The largest absolute Gasteiger partial charge is 0.483 e. The molecule has 0 aliphatic rings. The Morgan fingerprint density at radius 3 is 1.96 bits per heavy atom. The summed E-state index contributed by atoms with van der Waals surface area (Å²) >= 11 is 0. The molecule has 7 nitrogen and oxygen atoms in total. The first-order valence-corrected chi connectivity index (χ1v) is 7.40. The molecule has 24 heavy (non-hydrogen) atoms. The Morgan fingerprint density at radius 2 is 1.50 bits per heavy atom. The molecule has 0 unspecified atom stereocenters. The standard InChI is InChI=1S/C16H20N4O.CH2O2/c1-9-6-14(7-10(2)17-9)8-15(21)20-16-18-12(4)11(3)13(5)19-16;2-1-3/h6-7H,8H2,1-5H3,(H,18,19,20,21);1H,(H,2,3). The van der Waals surface area contributed by atoms with Crippen LogP contribution < -0.4 is 5.32 Å². The smallest absolute Gasteiger partial charge is 0.290 e. The molecule has 0 fully saturated rings. The molecule has 2 heterocycles. The second-order valence-corrected chi connectivity index (χ2v) is 5.43. The van der Waals surface area contributed by atoms with E-state index in [4.69, 9.17) is 9.90 Å². The molecule has 2 aromatic rings. The van der Waals surface area contributed by atoms with Crippen LogP contribution in [0, 0.1) is 34.6 Å². The predicted octanol–water partition coefficient (Wildman–Crippen LogP) is 2.30. The van der Waals surface area contributed by atoms with E-state index in [1.807, 2.05) is 46.8 Å². The average Bonchev–Trinajstić information content (AvgIpc) is 2.44. The van der Waals surface area contributed by atoms with E-state index in [1.165, 1.54) is 0 Å². The van der Waals surface area contributed by atoms with Crippen LogP contribution in [0.3, 0.4) is 0 Å². The third-order valence-electron chi connectivity index (χ3n) is 3.39. The van der Waals surface area contributed by atoms with Gasteiger partial charge in [-0.05, 0) is 57.9 Å². The van der Waals surface area contributed by atoms with Gasteiger partial charge in [-0.2, -0.15) is 0 Å². The van der Waals surface area contributed by atoms with E-state index in [2.05, 4.69) is 20.3 Å². The summed E-state index contributed by atoms with van der Waals surface area (Å²) in [7, 11) is 0. The van der Waals surface area contributed by atoms with E-state index < -0.39 is 0 Å². The first kappa shape index (κ1) is 19.2. The molecule has 128 valence electrons. The second-order valence-electron chi connectivity index (χ2n) is 5.43. The number of aryl methyl sites for hydroxylation is 4. The van der Waals surface area contributed by atoms with Crippen LogP contribution in [0.15, 0.2) is 12.1 Å². The molecule has 2 aromatic heterocycles. The molecular weight excluding hydrogens is 308 g/mol. The fourth-order valence-electron chi connectivity index (χ4n) is 2.21. The average molecular weight is 330 g/mol. The van der Waals surface area contributed by atoms with Gasteiger partial charge in [-0.1, -0.05) is 0 Å². The van der Waals surface area contributed by atoms with Crippen LogP contribution in [-0.2, 0) is 16.0 Å². The summed E-state index contributed by atoms with van der Waals surface area (Å²) in [5, 5.41) is 9.65. The van der Waals surface area contributed by atoms with Gasteiger partial charge < -0.3 is 5.11 Å². The number of amides is 1. The Bertz CT molecular complexity index is 701. The summed E-state index contributed by atoms with van der Waals surface area (Å²) in [6, 6.07) is 3.83. The molecule has 0 aliphatic carbocycles. The molecule has 1 amide bonds. The van der Waals surface area contributed by atoms with Gasteiger partial charge in [-0.25, -0.2) is 9.97 Å². The van der Waals surface area contributed by atoms with Gasteiger partial charge in [0.25, 0.3) is 6.47 Å². The number of nitrogens with one attached hydrogen (secondary N) is 1. The van der Waals surface area contributed by atoms with Gasteiger partial charge in [0.2, 0.25) is 11.9 Å². The van der Waals surface area contributed by atoms with Crippen LogP contribution in [0.5, 0.6) is 0 Å². The topological polar surface area (TPSA) is 105 Å². The fraction of sp³-hybridized carbons (Fsp3) is 0.353. The summed E-state index contributed by atoms with van der Waals surface area (Å²) < 4.78 is 0. The maximum Gasteiger partial charge on any atom is 0.290 e. The Kier molecular flexibility index (Phi) is 6.98. The zero-order valence-electron chi connectivity index (χ0n) is 14.5. The highest BCUT2D eigenvalue weighted by Crippen LogP contribution is 2.12. The van der Waals surface area contributed by atoms with Gasteiger partial charge in [-0.3, -0.25) is 19.9 Å². The van der Waals surface area contributed by atoms with Gasteiger partial charge in [0.05, 0.1) is 6.42 Å². The van der Waals surface area contributed by atoms with Crippen molar-refractivity contribution in [2.45, 2.75) is 41.0 Å². The van der Waals surface area contributed by atoms with Crippen LogP contribution in [0.25, 0.3) is 0 Å². The minimum atomic E-state index is -0.250. The van der Waals surface area contributed by atoms with Crippen molar-refractivity contribution in [1.29, 1.82) is 0 Å². The molecule has 0 bridgehead atoms. The number of carboxylic acid groups (broad SMARTS) is 1. The Labute approximate surface area is 141 Å². The number of nitrogens with zero attached hydrogens (tertiary/aromatic N) is 3.